The van der Waals surface area contributed by atoms with Crippen LogP contribution in [0.2, 0.25) is 5.02 Å². The van der Waals surface area contributed by atoms with Gasteiger partial charge in [-0.3, -0.25) is 0 Å². The first kappa shape index (κ1) is 20.6. The minimum absolute atomic E-state index is 0.0385. The van der Waals surface area contributed by atoms with E-state index in [-0.39, 0.29) is 14.3 Å². The maximum Gasteiger partial charge on any atom is 0.226 e. The van der Waals surface area contributed by atoms with Crippen molar-refractivity contribution in [1.82, 2.24) is 4.98 Å². The molecule has 0 radical (unpaired) electrons. The number of benzene rings is 1. The number of anilines is 1. The standard InChI is InChI=1S/C17H21ClN2O4S3/c1-11-8-12(2)10-20(9-11)16-15(19-17(25-16)26(3,21)22)27(23,24)14-6-4-13(18)5-7-14/h4-7,11-12H,8-10H2,1-3H3/t11-,12-/m0/s1. The summed E-state index contributed by atoms with van der Waals surface area (Å²) in [6.07, 6.45) is 2.09. The molecule has 3 rings (SSSR count). The Morgan fingerprint density at radius 3 is 2.15 bits per heavy atom. The van der Waals surface area contributed by atoms with Gasteiger partial charge in [-0.15, -0.1) is 0 Å². The monoisotopic (exact) mass is 448 g/mol. The van der Waals surface area contributed by atoms with E-state index < -0.39 is 19.7 Å². The number of hydrogen-bond acceptors (Lipinski definition) is 7. The van der Waals surface area contributed by atoms with Gasteiger partial charge in [0.05, 0.1) is 4.90 Å². The highest BCUT2D eigenvalue weighted by molar-refractivity contribution is 7.93. The zero-order valence-electron chi connectivity index (χ0n) is 15.2. The zero-order chi connectivity index (χ0) is 20.0. The molecule has 0 spiro atoms. The second-order valence-electron chi connectivity index (χ2n) is 7.17. The third-order valence-electron chi connectivity index (χ3n) is 4.41. The molecule has 10 heteroatoms. The van der Waals surface area contributed by atoms with Gasteiger partial charge in [-0.05, 0) is 42.5 Å². The predicted molar refractivity (Wildman–Crippen MR) is 107 cm³/mol. The normalized spacial score (nSPS) is 21.4. The predicted octanol–water partition coefficient (Wildman–Crippen LogP) is 3.52. The maximum absolute atomic E-state index is 13.2. The summed E-state index contributed by atoms with van der Waals surface area (Å²) in [4.78, 5) is 6.04. The Morgan fingerprint density at radius 2 is 1.63 bits per heavy atom. The van der Waals surface area contributed by atoms with Crippen molar-refractivity contribution >= 4 is 47.6 Å². The van der Waals surface area contributed by atoms with Crippen LogP contribution >= 0.6 is 22.9 Å². The topological polar surface area (TPSA) is 84.4 Å². The van der Waals surface area contributed by atoms with Gasteiger partial charge in [0, 0.05) is 24.4 Å². The number of piperidine rings is 1. The Kier molecular flexibility index (Phi) is 5.60. The average Bonchev–Trinajstić information content (AvgIpc) is 3.00. The molecule has 0 bridgehead atoms. The molecule has 1 fully saturated rings. The van der Waals surface area contributed by atoms with E-state index in [4.69, 9.17) is 11.6 Å². The average molecular weight is 449 g/mol. The lowest BCUT2D eigenvalue weighted by molar-refractivity contribution is 0.357. The lowest BCUT2D eigenvalue weighted by Gasteiger charge is -2.35. The third kappa shape index (κ3) is 4.31. The molecule has 1 aromatic carbocycles. The first-order valence-electron chi connectivity index (χ1n) is 8.45. The number of hydrogen-bond donors (Lipinski definition) is 0. The van der Waals surface area contributed by atoms with Crippen LogP contribution in [0.3, 0.4) is 0 Å². The molecular formula is C17H21ClN2O4S3. The molecular weight excluding hydrogens is 428 g/mol. The molecule has 0 unspecified atom stereocenters. The molecule has 1 aliphatic heterocycles. The number of aromatic nitrogens is 1. The maximum atomic E-state index is 13.2. The Morgan fingerprint density at radius 1 is 1.07 bits per heavy atom. The van der Waals surface area contributed by atoms with Crippen molar-refractivity contribution in [3.63, 3.8) is 0 Å². The van der Waals surface area contributed by atoms with Gasteiger partial charge in [0.15, 0.2) is 5.03 Å². The molecule has 1 saturated heterocycles. The van der Waals surface area contributed by atoms with Crippen LogP contribution in [0.4, 0.5) is 5.00 Å². The summed E-state index contributed by atoms with van der Waals surface area (Å²) in [5.41, 5.74) is 0. The first-order chi connectivity index (χ1) is 12.5. The number of thiazole rings is 1. The first-order valence-corrected chi connectivity index (χ1v) is 13.0. The summed E-state index contributed by atoms with van der Waals surface area (Å²) in [6, 6.07) is 5.79. The van der Waals surface area contributed by atoms with E-state index in [9.17, 15) is 16.8 Å². The molecule has 148 valence electrons. The highest BCUT2D eigenvalue weighted by Gasteiger charge is 2.34. The van der Waals surface area contributed by atoms with Crippen molar-refractivity contribution in [2.24, 2.45) is 11.8 Å². The fourth-order valence-electron chi connectivity index (χ4n) is 3.37. The van der Waals surface area contributed by atoms with E-state index >= 15 is 0 Å². The minimum atomic E-state index is -3.98. The molecule has 2 atom stereocenters. The second kappa shape index (κ2) is 7.35. The fraction of sp³-hybridized carbons (Fsp3) is 0.471. The zero-order valence-corrected chi connectivity index (χ0v) is 18.4. The number of nitrogens with zero attached hydrogens (tertiary/aromatic N) is 2. The highest BCUT2D eigenvalue weighted by atomic mass is 35.5. The fourth-order valence-corrected chi connectivity index (χ4v) is 7.16. The van der Waals surface area contributed by atoms with Crippen molar-refractivity contribution in [2.75, 3.05) is 24.2 Å². The molecule has 1 aromatic heterocycles. The van der Waals surface area contributed by atoms with Crippen LogP contribution in [0, 0.1) is 11.8 Å². The van der Waals surface area contributed by atoms with Gasteiger partial charge in [0.1, 0.15) is 5.00 Å². The van der Waals surface area contributed by atoms with Gasteiger partial charge in [-0.1, -0.05) is 36.8 Å². The number of halogens is 1. The summed E-state index contributed by atoms with van der Waals surface area (Å²) in [5, 5.41) is 0.614. The van der Waals surface area contributed by atoms with Crippen molar-refractivity contribution in [1.29, 1.82) is 0 Å². The van der Waals surface area contributed by atoms with Gasteiger partial charge < -0.3 is 4.90 Å². The summed E-state index contributed by atoms with van der Waals surface area (Å²) >= 11 is 6.78. The smallest absolute Gasteiger partial charge is 0.226 e. The molecule has 0 aliphatic carbocycles. The van der Waals surface area contributed by atoms with Gasteiger partial charge in [-0.25, -0.2) is 21.8 Å². The molecule has 6 nitrogen and oxygen atoms in total. The Hall–Kier alpha value is -1.16. The van der Waals surface area contributed by atoms with E-state index in [0.717, 1.165) is 24.0 Å². The van der Waals surface area contributed by atoms with Crippen LogP contribution in [-0.2, 0) is 19.7 Å². The van der Waals surface area contributed by atoms with Gasteiger partial charge in [0.25, 0.3) is 0 Å². The molecule has 0 saturated carbocycles. The molecule has 0 N–H and O–H groups in total. The van der Waals surface area contributed by atoms with E-state index in [0.29, 0.717) is 34.9 Å². The van der Waals surface area contributed by atoms with Crippen LogP contribution in [0.1, 0.15) is 20.3 Å². The van der Waals surface area contributed by atoms with Crippen molar-refractivity contribution in [3.8, 4) is 0 Å². The van der Waals surface area contributed by atoms with Gasteiger partial charge in [-0.2, -0.15) is 0 Å². The van der Waals surface area contributed by atoms with Crippen LogP contribution in [0.25, 0.3) is 0 Å². The van der Waals surface area contributed by atoms with Crippen LogP contribution < -0.4 is 4.90 Å². The van der Waals surface area contributed by atoms with E-state index in [1.54, 1.807) is 0 Å². The Bertz CT molecular complexity index is 1040. The lowest BCUT2D eigenvalue weighted by Crippen LogP contribution is -2.38. The van der Waals surface area contributed by atoms with Crippen molar-refractivity contribution in [2.45, 2.75) is 34.5 Å². The van der Waals surface area contributed by atoms with E-state index in [1.165, 1.54) is 24.3 Å². The molecule has 2 heterocycles. The van der Waals surface area contributed by atoms with Gasteiger partial charge in [0.2, 0.25) is 24.0 Å². The van der Waals surface area contributed by atoms with Crippen molar-refractivity contribution < 1.29 is 16.8 Å². The van der Waals surface area contributed by atoms with Crippen LogP contribution in [0.5, 0.6) is 0 Å². The third-order valence-corrected chi connectivity index (χ3v) is 9.27. The van der Waals surface area contributed by atoms with Crippen LogP contribution in [0.15, 0.2) is 38.5 Å². The SMILES string of the molecule is C[C@H]1C[C@H](C)CN(c2sc(S(C)(=O)=O)nc2S(=O)(=O)c2ccc(Cl)cc2)C1. The van der Waals surface area contributed by atoms with E-state index in [2.05, 4.69) is 18.8 Å². The Labute approximate surface area is 169 Å². The quantitative estimate of drug-likeness (QED) is 0.711. The van der Waals surface area contributed by atoms with E-state index in [1.807, 2.05) is 4.90 Å². The van der Waals surface area contributed by atoms with Gasteiger partial charge >= 0.3 is 0 Å². The van der Waals surface area contributed by atoms with Crippen molar-refractivity contribution in [3.05, 3.63) is 29.3 Å². The number of rotatable bonds is 4. The molecule has 0 amide bonds. The lowest BCUT2D eigenvalue weighted by atomic mass is 9.92. The number of sulfone groups is 2. The largest absolute Gasteiger partial charge is 0.360 e. The summed E-state index contributed by atoms with van der Waals surface area (Å²) < 4.78 is 50.3. The summed E-state index contributed by atoms with van der Waals surface area (Å²) in [5.74, 6) is 0.757. The Balaban J connectivity index is 2.16. The highest BCUT2D eigenvalue weighted by Crippen LogP contribution is 2.39. The minimum Gasteiger partial charge on any atom is -0.360 e. The summed E-state index contributed by atoms with van der Waals surface area (Å²) in [7, 11) is -7.60. The molecule has 2 aromatic rings. The molecule has 1 aliphatic rings. The second-order valence-corrected chi connectivity index (χ2v) is 12.6. The summed E-state index contributed by atoms with van der Waals surface area (Å²) in [6.45, 7) is 5.54. The molecule has 27 heavy (non-hydrogen) atoms. The van der Waals surface area contributed by atoms with Crippen LogP contribution in [-0.4, -0.2) is 41.2 Å².